The fourth-order valence-corrected chi connectivity index (χ4v) is 10.3. The van der Waals surface area contributed by atoms with Gasteiger partial charge in [-0.3, -0.25) is 4.21 Å². The lowest BCUT2D eigenvalue weighted by atomic mass is 10.4. The first-order chi connectivity index (χ1) is 13.7. The van der Waals surface area contributed by atoms with Crippen LogP contribution in [-0.4, -0.2) is 27.7 Å². The number of carbonyl (C=O) groups is 1. The number of rotatable bonds is 6. The minimum atomic E-state index is -2.67. The van der Waals surface area contributed by atoms with E-state index in [1.165, 1.54) is 7.11 Å². The summed E-state index contributed by atoms with van der Waals surface area (Å²) < 4.78 is 18.8. The van der Waals surface area contributed by atoms with Gasteiger partial charge in [0.05, 0.1) is 17.9 Å². The number of hydrogen-bond donors (Lipinski definition) is 0. The number of benzene rings is 3. The molecule has 0 aliphatic rings. The van der Waals surface area contributed by atoms with Gasteiger partial charge in [0, 0.05) is 12.6 Å². The zero-order valence-corrected chi connectivity index (χ0v) is 17.7. The van der Waals surface area contributed by atoms with Crippen molar-refractivity contribution in [2.45, 2.75) is 6.92 Å². The van der Waals surface area contributed by atoms with Crippen molar-refractivity contribution < 1.29 is 13.7 Å². The first-order valence-electron chi connectivity index (χ1n) is 9.06. The summed E-state index contributed by atoms with van der Waals surface area (Å²) in [6.45, 7) is -0.839. The third-order valence-electron chi connectivity index (χ3n) is 4.57. The van der Waals surface area contributed by atoms with Gasteiger partial charge in [-0.05, 0) is 15.9 Å². The smallest absolute Gasteiger partial charge is 0.347 e. The minimum Gasteiger partial charge on any atom is -0.465 e. The lowest BCUT2D eigenvalue weighted by Crippen LogP contribution is -2.36. The molecule has 0 fully saturated rings. The lowest BCUT2D eigenvalue weighted by molar-refractivity contribution is -0.132. The van der Waals surface area contributed by atoms with Crippen LogP contribution < -0.4 is 15.9 Å². The predicted molar refractivity (Wildman–Crippen MR) is 121 cm³/mol. The van der Waals surface area contributed by atoms with E-state index < -0.39 is 23.7 Å². The molecule has 0 N–H and O–H groups in total. The molecule has 0 aromatic heterocycles. The molecule has 1 unspecified atom stereocenters. The Hall–Kier alpha value is -2.42. The van der Waals surface area contributed by atoms with Crippen LogP contribution in [0.1, 0.15) is 6.92 Å². The summed E-state index contributed by atoms with van der Waals surface area (Å²) in [5.74, 6) is -0.163. The maximum Gasteiger partial charge on any atom is 0.347 e. The van der Waals surface area contributed by atoms with Crippen LogP contribution in [0.4, 0.5) is 0 Å². The van der Waals surface area contributed by atoms with Crippen molar-refractivity contribution >= 4 is 44.2 Å². The van der Waals surface area contributed by atoms with Crippen molar-refractivity contribution in [2.75, 3.05) is 12.9 Å². The maximum absolute atomic E-state index is 13.3. The molecule has 0 aliphatic carbocycles. The maximum atomic E-state index is 13.3. The summed E-state index contributed by atoms with van der Waals surface area (Å²) in [4.78, 5) is 13.1. The van der Waals surface area contributed by atoms with Crippen LogP contribution in [0.25, 0.3) is 0 Å². The molecular formula is C23H23O3PS. The molecule has 0 amide bonds. The van der Waals surface area contributed by atoms with Gasteiger partial charge in [-0.2, -0.15) is 0 Å². The minimum absolute atomic E-state index is 0.346. The average molecular weight is 410 g/mol. The topological polar surface area (TPSA) is 43.4 Å². The van der Waals surface area contributed by atoms with E-state index in [1.54, 1.807) is 0 Å². The van der Waals surface area contributed by atoms with Gasteiger partial charge in [0.15, 0.2) is 0 Å². The zero-order valence-electron chi connectivity index (χ0n) is 15.9. The molecule has 3 aromatic rings. The molecule has 0 bridgehead atoms. The molecule has 0 radical (unpaired) electrons. The molecule has 0 saturated heterocycles. The van der Waals surface area contributed by atoms with Gasteiger partial charge in [0.1, 0.15) is 4.63 Å². The van der Waals surface area contributed by atoms with E-state index in [0.29, 0.717) is 10.4 Å². The number of methoxy groups -OCH3 is 1. The van der Waals surface area contributed by atoms with Gasteiger partial charge < -0.3 is 4.74 Å². The van der Waals surface area contributed by atoms with E-state index in [0.717, 1.165) is 15.9 Å². The largest absolute Gasteiger partial charge is 0.465 e. The van der Waals surface area contributed by atoms with Gasteiger partial charge in [-0.1, -0.05) is 97.9 Å². The van der Waals surface area contributed by atoms with E-state index in [9.17, 15) is 9.00 Å². The van der Waals surface area contributed by atoms with E-state index >= 15 is 0 Å². The number of hydrogen-bond acceptors (Lipinski definition) is 3. The fraction of sp³-hybridized carbons (Fsp3) is 0.130. The van der Waals surface area contributed by atoms with Crippen LogP contribution in [0.15, 0.2) is 91.0 Å². The summed E-state index contributed by atoms with van der Waals surface area (Å²) in [6, 6.07) is 29.7. The Morgan fingerprint density at radius 1 is 0.786 bits per heavy atom. The van der Waals surface area contributed by atoms with Gasteiger partial charge in [-0.25, -0.2) is 4.79 Å². The molecular weight excluding hydrogens is 387 g/mol. The molecule has 0 spiro atoms. The molecule has 3 rings (SSSR count). The van der Waals surface area contributed by atoms with Crippen molar-refractivity contribution in [3.63, 3.8) is 0 Å². The van der Waals surface area contributed by atoms with E-state index in [1.807, 2.05) is 97.9 Å². The van der Waals surface area contributed by atoms with Crippen molar-refractivity contribution in [3.05, 3.63) is 91.0 Å². The molecule has 28 heavy (non-hydrogen) atoms. The summed E-state index contributed by atoms with van der Waals surface area (Å²) in [5, 5.41) is 2.94. The number of carbonyl (C=O) groups excluding carboxylic acids is 1. The summed E-state index contributed by atoms with van der Waals surface area (Å²) >= 11 is 0. The SMILES string of the molecule is CCS(=O)C(C(=O)OC)=P(c1ccccc1)(c1ccccc1)c1ccccc1. The second kappa shape index (κ2) is 9.18. The highest BCUT2D eigenvalue weighted by Crippen LogP contribution is 2.47. The van der Waals surface area contributed by atoms with E-state index in [-0.39, 0.29) is 0 Å². The van der Waals surface area contributed by atoms with Crippen molar-refractivity contribution in [1.29, 1.82) is 0 Å². The Kier molecular flexibility index (Phi) is 6.66. The molecule has 3 aromatic carbocycles. The molecule has 3 nitrogen and oxygen atoms in total. The molecule has 0 aliphatic heterocycles. The highest BCUT2D eigenvalue weighted by atomic mass is 32.2. The molecule has 0 saturated carbocycles. The number of ether oxygens (including phenoxy) is 1. The van der Waals surface area contributed by atoms with Crippen molar-refractivity contribution in [3.8, 4) is 0 Å². The normalized spacial score (nSPS) is 12.2. The van der Waals surface area contributed by atoms with Crippen LogP contribution in [0, 0.1) is 0 Å². The second-order valence-corrected chi connectivity index (χ2v) is 11.4. The Balaban J connectivity index is 2.64. The quantitative estimate of drug-likeness (QED) is 0.463. The monoisotopic (exact) mass is 410 g/mol. The van der Waals surface area contributed by atoms with E-state index in [4.69, 9.17) is 4.74 Å². The highest BCUT2D eigenvalue weighted by molar-refractivity contribution is 8.18. The Morgan fingerprint density at radius 2 is 1.14 bits per heavy atom. The zero-order chi connectivity index (χ0) is 20.0. The van der Waals surface area contributed by atoms with Crippen LogP contribution >= 0.6 is 6.89 Å². The Morgan fingerprint density at radius 3 is 1.43 bits per heavy atom. The van der Waals surface area contributed by atoms with Crippen molar-refractivity contribution in [1.82, 2.24) is 0 Å². The van der Waals surface area contributed by atoms with Crippen molar-refractivity contribution in [2.24, 2.45) is 0 Å². The fourth-order valence-electron chi connectivity index (χ4n) is 3.36. The van der Waals surface area contributed by atoms with Gasteiger partial charge in [0.2, 0.25) is 0 Å². The first-order valence-corrected chi connectivity index (χ1v) is 12.2. The Bertz CT molecular complexity index is 894. The summed E-state index contributed by atoms with van der Waals surface area (Å²) in [5.41, 5.74) is 0. The molecule has 0 heterocycles. The van der Waals surface area contributed by atoms with Crippen LogP contribution in [-0.2, 0) is 20.3 Å². The second-order valence-electron chi connectivity index (χ2n) is 6.11. The standard InChI is InChI=1S/C23H23O3PS/c1-3-28(25)23(22(24)26-2)27(19-13-7-4-8-14-19,20-15-9-5-10-16-20)21-17-11-6-12-18-21/h4-18H,3H2,1-2H3. The summed E-state index contributed by atoms with van der Waals surface area (Å²) in [6.07, 6.45) is 0. The van der Waals surface area contributed by atoms with E-state index in [2.05, 4.69) is 0 Å². The molecule has 1 atom stereocenters. The lowest BCUT2D eigenvalue weighted by Gasteiger charge is -2.31. The van der Waals surface area contributed by atoms with Crippen LogP contribution in [0.3, 0.4) is 0 Å². The van der Waals surface area contributed by atoms with Crippen LogP contribution in [0.2, 0.25) is 0 Å². The highest BCUT2D eigenvalue weighted by Gasteiger charge is 2.36. The molecule has 5 heteroatoms. The summed E-state index contributed by atoms with van der Waals surface area (Å²) in [7, 11) is -0.122. The first kappa shape index (κ1) is 20.3. The van der Waals surface area contributed by atoms with Gasteiger partial charge in [-0.15, -0.1) is 0 Å². The average Bonchev–Trinajstić information content (AvgIpc) is 2.78. The van der Waals surface area contributed by atoms with Gasteiger partial charge >= 0.3 is 5.97 Å². The van der Waals surface area contributed by atoms with Crippen LogP contribution in [0.5, 0.6) is 0 Å². The molecule has 144 valence electrons. The number of esters is 1. The van der Waals surface area contributed by atoms with Gasteiger partial charge in [0.25, 0.3) is 0 Å². The third kappa shape index (κ3) is 3.63. The third-order valence-corrected chi connectivity index (χ3v) is 11.1. The Labute approximate surface area is 168 Å². The predicted octanol–water partition coefficient (Wildman–Crippen LogP) is 3.05.